The molecule has 2 fully saturated rings. The minimum absolute atomic E-state index is 0.0702. The van der Waals surface area contributed by atoms with Crippen LogP contribution in [0.3, 0.4) is 0 Å². The highest BCUT2D eigenvalue weighted by Gasteiger charge is 2.52. The molecule has 0 unspecified atom stereocenters. The van der Waals surface area contributed by atoms with Crippen molar-refractivity contribution in [2.75, 3.05) is 13.2 Å². The number of hydrogen-bond acceptors (Lipinski definition) is 5. The molecule has 7 nitrogen and oxygen atoms in total. The number of hydroxylamine groups is 1. The zero-order valence-electron chi connectivity index (χ0n) is 12.4. The van der Waals surface area contributed by atoms with Crippen molar-refractivity contribution in [3.8, 4) is 0 Å². The van der Waals surface area contributed by atoms with Crippen LogP contribution in [-0.2, 0) is 19.1 Å². The second kappa shape index (κ2) is 7.20. The third kappa shape index (κ3) is 3.93. The van der Waals surface area contributed by atoms with Gasteiger partial charge in [-0.05, 0) is 6.42 Å². The van der Waals surface area contributed by atoms with Crippen molar-refractivity contribution in [3.05, 3.63) is 0 Å². The first kappa shape index (κ1) is 16.2. The van der Waals surface area contributed by atoms with Gasteiger partial charge in [-0.1, -0.05) is 19.8 Å². The van der Waals surface area contributed by atoms with Gasteiger partial charge in [0.15, 0.2) is 5.79 Å². The molecule has 0 radical (unpaired) electrons. The van der Waals surface area contributed by atoms with E-state index in [0.29, 0.717) is 32.5 Å². The molecule has 21 heavy (non-hydrogen) atoms. The first-order valence-corrected chi connectivity index (χ1v) is 7.61. The molecule has 120 valence electrons. The van der Waals surface area contributed by atoms with Crippen molar-refractivity contribution >= 4 is 11.8 Å². The molecule has 2 aliphatic rings. The monoisotopic (exact) mass is 300 g/mol. The standard InChI is InChI=1S/C14H24N2O5/c1-2-3-4-5-12(17)15-11-9-14(20-6-7-21-14)8-10(11)13(18)16-19/h10-11,19H,2-9H2,1H3,(H,15,17)(H,16,18)/t10-,11+/m0/s1. The lowest BCUT2D eigenvalue weighted by atomic mass is 10.0. The normalized spacial score (nSPS) is 27.0. The summed E-state index contributed by atoms with van der Waals surface area (Å²) < 4.78 is 11.2. The third-order valence-electron chi connectivity index (χ3n) is 4.16. The molecule has 1 aliphatic carbocycles. The summed E-state index contributed by atoms with van der Waals surface area (Å²) in [5, 5.41) is 11.7. The van der Waals surface area contributed by atoms with Gasteiger partial charge in [-0.15, -0.1) is 0 Å². The van der Waals surface area contributed by atoms with Crippen LogP contribution in [0.25, 0.3) is 0 Å². The van der Waals surface area contributed by atoms with Crippen LogP contribution in [0.15, 0.2) is 0 Å². The summed E-state index contributed by atoms with van der Waals surface area (Å²) in [5.41, 5.74) is 1.67. The van der Waals surface area contributed by atoms with E-state index in [1.54, 1.807) is 5.48 Å². The first-order valence-electron chi connectivity index (χ1n) is 7.61. The number of carbonyl (C=O) groups excluding carboxylic acids is 2. The fourth-order valence-corrected chi connectivity index (χ4v) is 3.10. The maximum absolute atomic E-state index is 11.9. The Kier molecular flexibility index (Phi) is 5.55. The minimum Gasteiger partial charge on any atom is -0.352 e. The molecule has 2 rings (SSSR count). The zero-order chi connectivity index (χ0) is 15.3. The summed E-state index contributed by atoms with van der Waals surface area (Å²) in [6, 6.07) is -0.371. The molecular formula is C14H24N2O5. The number of ether oxygens (including phenoxy) is 2. The van der Waals surface area contributed by atoms with Crippen LogP contribution in [0, 0.1) is 5.92 Å². The van der Waals surface area contributed by atoms with E-state index in [4.69, 9.17) is 14.7 Å². The quantitative estimate of drug-likeness (QED) is 0.381. The van der Waals surface area contributed by atoms with E-state index < -0.39 is 17.6 Å². The molecule has 1 heterocycles. The number of amides is 2. The molecule has 0 bridgehead atoms. The van der Waals surface area contributed by atoms with E-state index in [0.717, 1.165) is 19.3 Å². The fraction of sp³-hybridized carbons (Fsp3) is 0.857. The highest BCUT2D eigenvalue weighted by Crippen LogP contribution is 2.41. The molecule has 3 N–H and O–H groups in total. The van der Waals surface area contributed by atoms with Gasteiger partial charge in [-0.2, -0.15) is 0 Å². The van der Waals surface area contributed by atoms with Gasteiger partial charge in [0.25, 0.3) is 0 Å². The molecule has 2 atom stereocenters. The van der Waals surface area contributed by atoms with E-state index in [-0.39, 0.29) is 11.9 Å². The van der Waals surface area contributed by atoms with Gasteiger partial charge in [0.05, 0.1) is 19.1 Å². The number of rotatable bonds is 6. The minimum atomic E-state index is -0.793. The third-order valence-corrected chi connectivity index (χ3v) is 4.16. The highest BCUT2D eigenvalue weighted by atomic mass is 16.7. The van der Waals surface area contributed by atoms with Gasteiger partial charge in [0, 0.05) is 25.3 Å². The predicted molar refractivity (Wildman–Crippen MR) is 73.4 cm³/mol. The first-order chi connectivity index (χ1) is 10.1. The van der Waals surface area contributed by atoms with Crippen LogP contribution in [0.4, 0.5) is 0 Å². The van der Waals surface area contributed by atoms with Crippen LogP contribution in [0.5, 0.6) is 0 Å². The molecular weight excluding hydrogens is 276 g/mol. The lowest BCUT2D eigenvalue weighted by molar-refractivity contribution is -0.157. The number of nitrogens with one attached hydrogen (secondary N) is 2. The summed E-state index contributed by atoms with van der Waals surface area (Å²) in [6.07, 6.45) is 4.13. The molecule has 0 aromatic rings. The molecule has 0 aromatic heterocycles. The smallest absolute Gasteiger partial charge is 0.248 e. The van der Waals surface area contributed by atoms with E-state index >= 15 is 0 Å². The summed E-state index contributed by atoms with van der Waals surface area (Å²) >= 11 is 0. The molecule has 2 amide bonds. The Bertz CT molecular complexity index is 382. The molecule has 1 spiro atoms. The lowest BCUT2D eigenvalue weighted by Gasteiger charge is -2.21. The average molecular weight is 300 g/mol. The van der Waals surface area contributed by atoms with E-state index in [2.05, 4.69) is 12.2 Å². The van der Waals surface area contributed by atoms with Gasteiger partial charge in [0.2, 0.25) is 11.8 Å². The van der Waals surface area contributed by atoms with Crippen LogP contribution in [0.2, 0.25) is 0 Å². The summed E-state index contributed by atoms with van der Waals surface area (Å²) in [6.45, 7) is 3.06. The lowest BCUT2D eigenvalue weighted by Crippen LogP contribution is -2.43. The largest absolute Gasteiger partial charge is 0.352 e. The Hall–Kier alpha value is -1.18. The second-order valence-electron chi connectivity index (χ2n) is 5.73. The van der Waals surface area contributed by atoms with Crippen molar-refractivity contribution in [2.45, 2.75) is 57.3 Å². The van der Waals surface area contributed by atoms with Crippen LogP contribution >= 0.6 is 0 Å². The van der Waals surface area contributed by atoms with Gasteiger partial charge in [-0.3, -0.25) is 14.8 Å². The summed E-state index contributed by atoms with van der Waals surface area (Å²) in [4.78, 5) is 23.7. The second-order valence-corrected chi connectivity index (χ2v) is 5.73. The van der Waals surface area contributed by atoms with Gasteiger partial charge in [0.1, 0.15) is 0 Å². The number of carbonyl (C=O) groups is 2. The predicted octanol–water partition coefficient (Wildman–Crippen LogP) is 0.710. The van der Waals surface area contributed by atoms with E-state index in [9.17, 15) is 9.59 Å². The molecule has 1 saturated carbocycles. The topological polar surface area (TPSA) is 96.9 Å². The molecule has 0 aromatic carbocycles. The maximum Gasteiger partial charge on any atom is 0.248 e. The summed E-state index contributed by atoms with van der Waals surface area (Å²) in [7, 11) is 0. The maximum atomic E-state index is 11.9. The van der Waals surface area contributed by atoms with Crippen molar-refractivity contribution in [2.24, 2.45) is 5.92 Å². The van der Waals surface area contributed by atoms with Crippen molar-refractivity contribution in [1.82, 2.24) is 10.8 Å². The Morgan fingerprint density at radius 2 is 1.95 bits per heavy atom. The van der Waals surface area contributed by atoms with Crippen molar-refractivity contribution in [1.29, 1.82) is 0 Å². The Morgan fingerprint density at radius 1 is 1.24 bits per heavy atom. The highest BCUT2D eigenvalue weighted by molar-refractivity contribution is 5.81. The Morgan fingerprint density at radius 3 is 2.57 bits per heavy atom. The van der Waals surface area contributed by atoms with Crippen LogP contribution < -0.4 is 10.8 Å². The molecule has 7 heteroatoms. The van der Waals surface area contributed by atoms with E-state index in [1.165, 1.54) is 0 Å². The molecule has 1 saturated heterocycles. The number of unbranched alkanes of at least 4 members (excludes halogenated alkanes) is 2. The van der Waals surface area contributed by atoms with Gasteiger partial charge in [-0.25, -0.2) is 5.48 Å². The van der Waals surface area contributed by atoms with Crippen LogP contribution in [-0.4, -0.2) is 42.1 Å². The average Bonchev–Trinajstić information content (AvgIpc) is 3.06. The van der Waals surface area contributed by atoms with Gasteiger partial charge < -0.3 is 14.8 Å². The van der Waals surface area contributed by atoms with Crippen molar-refractivity contribution < 1.29 is 24.3 Å². The fourth-order valence-electron chi connectivity index (χ4n) is 3.10. The zero-order valence-corrected chi connectivity index (χ0v) is 12.4. The van der Waals surface area contributed by atoms with E-state index in [1.807, 2.05) is 0 Å². The Labute approximate surface area is 124 Å². The van der Waals surface area contributed by atoms with Crippen LogP contribution in [0.1, 0.15) is 45.4 Å². The van der Waals surface area contributed by atoms with Gasteiger partial charge >= 0.3 is 0 Å². The summed E-state index contributed by atoms with van der Waals surface area (Å²) in [5.74, 6) is -1.91. The Balaban J connectivity index is 1.94. The van der Waals surface area contributed by atoms with Crippen molar-refractivity contribution in [3.63, 3.8) is 0 Å². The SMILES string of the molecule is CCCCCC(=O)N[C@@H]1CC2(C[C@@H]1C(=O)NO)OCCO2. The number of hydrogen-bond donors (Lipinski definition) is 3. The molecule has 1 aliphatic heterocycles.